The van der Waals surface area contributed by atoms with E-state index >= 15 is 0 Å². The largest absolute Gasteiger partial charge is 0.493 e. The molecule has 8 nitrogen and oxygen atoms in total. The molecule has 0 bridgehead atoms. The maximum Gasteiger partial charge on any atom is 0.369 e. The van der Waals surface area contributed by atoms with Crippen LogP contribution in [0.1, 0.15) is 5.69 Å². The van der Waals surface area contributed by atoms with Crippen LogP contribution in [0.4, 0.5) is 0 Å². The molecule has 0 aliphatic heterocycles. The molecule has 3 aromatic heterocycles. The van der Waals surface area contributed by atoms with Gasteiger partial charge in [0.05, 0.1) is 32.0 Å². The summed E-state index contributed by atoms with van der Waals surface area (Å²) in [5.41, 5.74) is 1.26. The molecule has 0 aliphatic rings. The van der Waals surface area contributed by atoms with Crippen molar-refractivity contribution in [3.05, 3.63) is 57.3 Å². The number of hydrogen-bond donors (Lipinski definition) is 0. The standard InChI is InChI=1S/C17H15N5O3S2/c1-24-13-6-3-5-12(15(13)25-2)16-18-11(10-27-16)9-21-17(23)22(20-19-21)14-7-4-8-26-14/h3-8,10H,9H2,1-2H3. The second-order valence-corrected chi connectivity index (χ2v) is 7.25. The second-order valence-electron chi connectivity index (χ2n) is 5.47. The number of nitrogens with zero attached hydrogens (tertiary/aromatic N) is 5. The first-order chi connectivity index (χ1) is 13.2. The molecule has 0 radical (unpaired) electrons. The lowest BCUT2D eigenvalue weighted by Gasteiger charge is -2.10. The third kappa shape index (κ3) is 3.24. The van der Waals surface area contributed by atoms with E-state index in [-0.39, 0.29) is 12.2 Å². The summed E-state index contributed by atoms with van der Waals surface area (Å²) in [6.45, 7) is 0.243. The normalized spacial score (nSPS) is 10.9. The number of thiazole rings is 1. The minimum Gasteiger partial charge on any atom is -0.493 e. The Labute approximate surface area is 162 Å². The van der Waals surface area contributed by atoms with Crippen molar-refractivity contribution in [2.24, 2.45) is 0 Å². The smallest absolute Gasteiger partial charge is 0.369 e. The summed E-state index contributed by atoms with van der Waals surface area (Å²) in [6.07, 6.45) is 0. The van der Waals surface area contributed by atoms with E-state index in [2.05, 4.69) is 15.4 Å². The number of aromatic nitrogens is 5. The molecule has 0 saturated carbocycles. The molecule has 4 aromatic rings. The summed E-state index contributed by atoms with van der Waals surface area (Å²) in [6, 6.07) is 9.32. The fourth-order valence-electron chi connectivity index (χ4n) is 2.61. The van der Waals surface area contributed by atoms with Crippen LogP contribution in [0.2, 0.25) is 0 Å². The molecular weight excluding hydrogens is 386 g/mol. The highest BCUT2D eigenvalue weighted by Gasteiger charge is 2.16. The average Bonchev–Trinajstić information content (AvgIpc) is 3.44. The minimum atomic E-state index is -0.300. The minimum absolute atomic E-state index is 0.243. The van der Waals surface area contributed by atoms with Crippen LogP contribution in [-0.4, -0.2) is 39.0 Å². The van der Waals surface area contributed by atoms with Gasteiger partial charge < -0.3 is 9.47 Å². The molecule has 138 valence electrons. The number of para-hydroxylation sites is 1. The highest BCUT2D eigenvalue weighted by Crippen LogP contribution is 2.38. The van der Waals surface area contributed by atoms with Gasteiger partial charge in [-0.2, -0.15) is 9.36 Å². The predicted molar refractivity (Wildman–Crippen MR) is 103 cm³/mol. The van der Waals surface area contributed by atoms with Crippen LogP contribution in [0.3, 0.4) is 0 Å². The quantitative estimate of drug-likeness (QED) is 0.494. The molecule has 0 saturated heterocycles. The van der Waals surface area contributed by atoms with Crippen LogP contribution in [0.25, 0.3) is 15.6 Å². The highest BCUT2D eigenvalue weighted by atomic mass is 32.1. The summed E-state index contributed by atoms with van der Waals surface area (Å²) in [7, 11) is 3.19. The average molecular weight is 401 g/mol. The van der Waals surface area contributed by atoms with E-state index in [1.807, 2.05) is 41.1 Å². The van der Waals surface area contributed by atoms with Crippen molar-refractivity contribution in [2.45, 2.75) is 6.54 Å². The molecule has 1 aromatic carbocycles. The van der Waals surface area contributed by atoms with E-state index in [1.54, 1.807) is 14.2 Å². The first kappa shape index (κ1) is 17.4. The Morgan fingerprint density at radius 2 is 1.96 bits per heavy atom. The van der Waals surface area contributed by atoms with E-state index in [0.717, 1.165) is 21.3 Å². The SMILES string of the molecule is COc1cccc(-c2nc(Cn3nnn(-c4cccs4)c3=O)cs2)c1OC. The Morgan fingerprint density at radius 3 is 2.70 bits per heavy atom. The van der Waals surface area contributed by atoms with Crippen LogP contribution in [-0.2, 0) is 6.54 Å². The van der Waals surface area contributed by atoms with Crippen molar-refractivity contribution in [1.82, 2.24) is 24.8 Å². The topological polar surface area (TPSA) is 84.1 Å². The molecule has 0 amide bonds. The zero-order valence-electron chi connectivity index (χ0n) is 14.5. The van der Waals surface area contributed by atoms with Crippen molar-refractivity contribution in [2.75, 3.05) is 14.2 Å². The van der Waals surface area contributed by atoms with E-state index in [9.17, 15) is 4.79 Å². The molecule has 0 spiro atoms. The highest BCUT2D eigenvalue weighted by molar-refractivity contribution is 7.13. The maximum absolute atomic E-state index is 12.5. The molecule has 0 fully saturated rings. The lowest BCUT2D eigenvalue weighted by Crippen LogP contribution is -2.24. The molecular formula is C17H15N5O3S2. The number of benzene rings is 1. The van der Waals surface area contributed by atoms with Gasteiger partial charge in [0.2, 0.25) is 0 Å². The number of rotatable bonds is 6. The maximum atomic E-state index is 12.5. The molecule has 0 unspecified atom stereocenters. The Balaban J connectivity index is 1.63. The first-order valence-electron chi connectivity index (χ1n) is 7.93. The van der Waals surface area contributed by atoms with Gasteiger partial charge in [0.1, 0.15) is 10.0 Å². The Bertz CT molecular complexity index is 1110. The lowest BCUT2D eigenvalue weighted by molar-refractivity contribution is 0.356. The molecule has 3 heterocycles. The van der Waals surface area contributed by atoms with E-state index in [4.69, 9.17) is 9.47 Å². The zero-order chi connectivity index (χ0) is 18.8. The molecule has 10 heteroatoms. The third-order valence-electron chi connectivity index (χ3n) is 3.85. The van der Waals surface area contributed by atoms with Crippen molar-refractivity contribution in [1.29, 1.82) is 0 Å². The fourth-order valence-corrected chi connectivity index (χ4v) is 4.12. The summed E-state index contributed by atoms with van der Waals surface area (Å²) in [5, 5.41) is 13.2. The molecule has 0 aliphatic carbocycles. The fraction of sp³-hybridized carbons (Fsp3) is 0.176. The van der Waals surface area contributed by atoms with Crippen molar-refractivity contribution in [3.63, 3.8) is 0 Å². The summed E-state index contributed by atoms with van der Waals surface area (Å²) in [4.78, 5) is 17.1. The van der Waals surface area contributed by atoms with Crippen LogP contribution in [0.5, 0.6) is 11.5 Å². The summed E-state index contributed by atoms with van der Waals surface area (Å²) in [5.74, 6) is 1.27. The van der Waals surface area contributed by atoms with Gasteiger partial charge in [-0.15, -0.1) is 22.7 Å². The Kier molecular flexibility index (Phi) is 4.73. The van der Waals surface area contributed by atoms with Crippen molar-refractivity contribution >= 4 is 22.7 Å². The number of thiophene rings is 1. The van der Waals surface area contributed by atoms with E-state index in [1.165, 1.54) is 32.0 Å². The van der Waals surface area contributed by atoms with Gasteiger partial charge in [-0.1, -0.05) is 6.07 Å². The monoisotopic (exact) mass is 401 g/mol. The zero-order valence-corrected chi connectivity index (χ0v) is 16.2. The third-order valence-corrected chi connectivity index (χ3v) is 5.62. The van der Waals surface area contributed by atoms with Crippen LogP contribution in [0, 0.1) is 0 Å². The number of methoxy groups -OCH3 is 2. The number of hydrogen-bond acceptors (Lipinski definition) is 8. The van der Waals surface area contributed by atoms with E-state index in [0.29, 0.717) is 11.5 Å². The van der Waals surface area contributed by atoms with Gasteiger partial charge >= 0.3 is 5.69 Å². The molecule has 0 atom stereocenters. The summed E-state index contributed by atoms with van der Waals surface area (Å²) >= 11 is 2.89. The number of ether oxygens (including phenoxy) is 2. The van der Waals surface area contributed by atoms with Crippen molar-refractivity contribution in [3.8, 4) is 27.1 Å². The first-order valence-corrected chi connectivity index (χ1v) is 9.69. The van der Waals surface area contributed by atoms with Crippen LogP contribution in [0.15, 0.2) is 45.9 Å². The van der Waals surface area contributed by atoms with Gasteiger partial charge in [0.15, 0.2) is 11.5 Å². The van der Waals surface area contributed by atoms with Gasteiger partial charge in [-0.25, -0.2) is 9.78 Å². The Morgan fingerprint density at radius 1 is 1.07 bits per heavy atom. The predicted octanol–water partition coefficient (Wildman–Crippen LogP) is 2.68. The second kappa shape index (κ2) is 7.33. The van der Waals surface area contributed by atoms with Gasteiger partial charge in [0.25, 0.3) is 0 Å². The van der Waals surface area contributed by atoms with Gasteiger partial charge in [0, 0.05) is 5.38 Å². The van der Waals surface area contributed by atoms with Crippen LogP contribution < -0.4 is 15.2 Å². The molecule has 4 rings (SSSR count). The Hall–Kier alpha value is -2.98. The van der Waals surface area contributed by atoms with Crippen LogP contribution >= 0.6 is 22.7 Å². The summed E-state index contributed by atoms with van der Waals surface area (Å²) < 4.78 is 13.4. The molecule has 27 heavy (non-hydrogen) atoms. The van der Waals surface area contributed by atoms with Gasteiger partial charge in [-0.05, 0) is 40.1 Å². The number of tetrazole rings is 1. The lowest BCUT2D eigenvalue weighted by atomic mass is 10.2. The van der Waals surface area contributed by atoms with E-state index < -0.39 is 0 Å². The van der Waals surface area contributed by atoms with Gasteiger partial charge in [-0.3, -0.25) is 0 Å². The molecule has 0 N–H and O–H groups in total. The van der Waals surface area contributed by atoms with Crippen molar-refractivity contribution < 1.29 is 9.47 Å².